The van der Waals surface area contributed by atoms with E-state index in [-0.39, 0.29) is 29.7 Å². The number of benzene rings is 1. The summed E-state index contributed by atoms with van der Waals surface area (Å²) in [6.07, 6.45) is -1.12. The highest BCUT2D eigenvalue weighted by Crippen LogP contribution is 2.36. The molecule has 2 aromatic heterocycles. The summed E-state index contributed by atoms with van der Waals surface area (Å²) in [6, 6.07) is 5.82. The molecule has 4 heterocycles. The van der Waals surface area contributed by atoms with Crippen molar-refractivity contribution in [2.45, 2.75) is 51.3 Å². The molecule has 38 heavy (non-hydrogen) atoms. The third-order valence-corrected chi connectivity index (χ3v) is 6.29. The molecule has 0 aliphatic carbocycles. The Kier molecular flexibility index (Phi) is 6.61. The average Bonchev–Trinajstić information content (AvgIpc) is 3.47. The zero-order valence-electron chi connectivity index (χ0n) is 20.9. The number of nitrogens with zero attached hydrogens (tertiary/aromatic N) is 5. The predicted molar refractivity (Wildman–Crippen MR) is 131 cm³/mol. The number of anilines is 3. The second-order valence-corrected chi connectivity index (χ2v) is 10.2. The van der Waals surface area contributed by atoms with Crippen LogP contribution in [0.15, 0.2) is 30.6 Å². The lowest BCUT2D eigenvalue weighted by Gasteiger charge is -2.35. The van der Waals surface area contributed by atoms with E-state index < -0.39 is 36.0 Å². The van der Waals surface area contributed by atoms with Gasteiger partial charge in [0.2, 0.25) is 5.82 Å². The van der Waals surface area contributed by atoms with Gasteiger partial charge < -0.3 is 24.6 Å². The first kappa shape index (κ1) is 25.7. The van der Waals surface area contributed by atoms with Crippen molar-refractivity contribution in [2.24, 2.45) is 0 Å². The van der Waals surface area contributed by atoms with Crippen LogP contribution in [0.25, 0.3) is 11.0 Å². The molecule has 0 saturated carbocycles. The maximum atomic E-state index is 14.7. The van der Waals surface area contributed by atoms with Gasteiger partial charge in [-0.25, -0.2) is 32.9 Å². The van der Waals surface area contributed by atoms with Crippen molar-refractivity contribution in [3.05, 3.63) is 42.2 Å². The molecule has 2 aliphatic heterocycles. The number of amides is 1. The van der Waals surface area contributed by atoms with Gasteiger partial charge in [-0.1, -0.05) is 0 Å². The molecule has 5 rings (SSSR count). The van der Waals surface area contributed by atoms with Crippen LogP contribution in [-0.2, 0) is 4.74 Å². The fraction of sp³-hybridized carbons (Fsp3) is 0.440. The minimum absolute atomic E-state index is 0.0140. The molecule has 202 valence electrons. The van der Waals surface area contributed by atoms with Crippen LogP contribution < -0.4 is 15.0 Å². The molecule has 0 radical (unpaired) electrons. The van der Waals surface area contributed by atoms with E-state index in [0.29, 0.717) is 29.9 Å². The Labute approximate surface area is 215 Å². The number of piperazine rings is 1. The highest BCUT2D eigenvalue weighted by molar-refractivity contribution is 5.88. The van der Waals surface area contributed by atoms with Gasteiger partial charge in [-0.2, -0.15) is 4.39 Å². The average molecular weight is 535 g/mol. The van der Waals surface area contributed by atoms with Crippen LogP contribution in [0.1, 0.15) is 27.2 Å². The molecule has 2 saturated heterocycles. The van der Waals surface area contributed by atoms with Gasteiger partial charge in [0.25, 0.3) is 6.43 Å². The quantitative estimate of drug-likeness (QED) is 0.447. The summed E-state index contributed by atoms with van der Waals surface area (Å²) < 4.78 is 64.0. The van der Waals surface area contributed by atoms with Gasteiger partial charge in [-0.3, -0.25) is 0 Å². The summed E-state index contributed by atoms with van der Waals surface area (Å²) >= 11 is 0. The lowest BCUT2D eigenvalue weighted by Crippen LogP contribution is -2.50. The molecule has 13 heteroatoms. The van der Waals surface area contributed by atoms with E-state index in [9.17, 15) is 22.4 Å². The molecule has 1 amide bonds. The van der Waals surface area contributed by atoms with Crippen LogP contribution in [0.2, 0.25) is 0 Å². The van der Waals surface area contributed by atoms with Crippen LogP contribution in [0.3, 0.4) is 0 Å². The predicted octanol–water partition coefficient (Wildman–Crippen LogP) is 4.89. The van der Waals surface area contributed by atoms with Crippen LogP contribution in [0.4, 0.5) is 39.7 Å². The number of alkyl halides is 2. The number of nitrogens with one attached hydrogen (secondary N) is 1. The molecule has 2 atom stereocenters. The van der Waals surface area contributed by atoms with E-state index in [1.54, 1.807) is 11.0 Å². The van der Waals surface area contributed by atoms with Crippen LogP contribution in [-0.4, -0.2) is 69.8 Å². The summed E-state index contributed by atoms with van der Waals surface area (Å²) in [5, 5.41) is 2.72. The van der Waals surface area contributed by atoms with E-state index >= 15 is 0 Å². The molecular formula is C25H26F4N6O3. The van der Waals surface area contributed by atoms with Crippen molar-refractivity contribution in [3.8, 4) is 5.75 Å². The van der Waals surface area contributed by atoms with Crippen molar-refractivity contribution in [1.29, 1.82) is 0 Å². The molecule has 3 aromatic rings. The Morgan fingerprint density at radius 2 is 1.89 bits per heavy atom. The van der Waals surface area contributed by atoms with Gasteiger partial charge in [0, 0.05) is 13.1 Å². The van der Waals surface area contributed by atoms with Gasteiger partial charge in [-0.05, 0) is 51.5 Å². The van der Waals surface area contributed by atoms with Crippen molar-refractivity contribution in [3.63, 3.8) is 0 Å². The third kappa shape index (κ3) is 5.09. The van der Waals surface area contributed by atoms with E-state index in [2.05, 4.69) is 24.9 Å². The highest BCUT2D eigenvalue weighted by atomic mass is 19.3. The van der Waals surface area contributed by atoms with Gasteiger partial charge in [0.15, 0.2) is 17.4 Å². The zero-order valence-corrected chi connectivity index (χ0v) is 20.9. The van der Waals surface area contributed by atoms with Gasteiger partial charge in [-0.15, -0.1) is 0 Å². The summed E-state index contributed by atoms with van der Waals surface area (Å²) in [6.45, 7) is 5.50. The molecule has 0 unspecified atom stereocenters. The van der Waals surface area contributed by atoms with E-state index in [4.69, 9.17) is 9.72 Å². The Balaban J connectivity index is 1.36. The van der Waals surface area contributed by atoms with Crippen molar-refractivity contribution >= 4 is 34.4 Å². The van der Waals surface area contributed by atoms with Gasteiger partial charge in [0.1, 0.15) is 29.9 Å². The van der Waals surface area contributed by atoms with Crippen molar-refractivity contribution < 1.29 is 31.8 Å². The number of rotatable bonds is 6. The minimum Gasteiger partial charge on any atom is -0.484 e. The second kappa shape index (κ2) is 9.76. The summed E-state index contributed by atoms with van der Waals surface area (Å²) in [4.78, 5) is 29.5. The minimum atomic E-state index is -2.82. The summed E-state index contributed by atoms with van der Waals surface area (Å²) in [5.74, 6) is -2.56. The van der Waals surface area contributed by atoms with E-state index in [1.807, 2.05) is 26.8 Å². The Morgan fingerprint density at radius 1 is 1.11 bits per heavy atom. The lowest BCUT2D eigenvalue weighted by atomic mass is 10.2. The first-order chi connectivity index (χ1) is 18.0. The SMILES string of the molecule is CC(C)(C)OC(=O)N1C[C@@H]2C[C@H]1CN2c1ccc2ncnc(Nc3ccc(OCC(F)F)c(F)c3F)c2n1. The smallest absolute Gasteiger partial charge is 0.410 e. The highest BCUT2D eigenvalue weighted by Gasteiger charge is 2.47. The van der Waals surface area contributed by atoms with Crippen LogP contribution >= 0.6 is 0 Å². The molecule has 2 aliphatic rings. The van der Waals surface area contributed by atoms with Crippen LogP contribution in [0.5, 0.6) is 5.75 Å². The Hall–Kier alpha value is -3.90. The summed E-state index contributed by atoms with van der Waals surface area (Å²) in [5.41, 5.74) is -0.0468. The fourth-order valence-electron chi connectivity index (χ4n) is 4.69. The molecular weight excluding hydrogens is 508 g/mol. The zero-order chi connectivity index (χ0) is 27.2. The number of pyridine rings is 1. The molecule has 1 aromatic carbocycles. The number of likely N-dealkylation sites (tertiary alicyclic amines) is 1. The largest absolute Gasteiger partial charge is 0.484 e. The molecule has 2 fully saturated rings. The summed E-state index contributed by atoms with van der Waals surface area (Å²) in [7, 11) is 0. The number of aromatic nitrogens is 3. The van der Waals surface area contributed by atoms with Crippen molar-refractivity contribution in [2.75, 3.05) is 29.9 Å². The number of fused-ring (bicyclic) bond motifs is 3. The second-order valence-electron chi connectivity index (χ2n) is 10.2. The topological polar surface area (TPSA) is 92.7 Å². The number of hydrogen-bond acceptors (Lipinski definition) is 8. The Morgan fingerprint density at radius 3 is 2.58 bits per heavy atom. The maximum absolute atomic E-state index is 14.7. The molecule has 0 spiro atoms. The van der Waals surface area contributed by atoms with Crippen molar-refractivity contribution in [1.82, 2.24) is 19.9 Å². The Bertz CT molecular complexity index is 1370. The maximum Gasteiger partial charge on any atom is 0.410 e. The molecule has 9 nitrogen and oxygen atoms in total. The molecule has 1 N–H and O–H groups in total. The van der Waals surface area contributed by atoms with E-state index in [0.717, 1.165) is 12.5 Å². The first-order valence-corrected chi connectivity index (χ1v) is 12.0. The number of carbonyl (C=O) groups is 1. The number of hydrogen-bond donors (Lipinski definition) is 1. The third-order valence-electron chi connectivity index (χ3n) is 6.29. The number of ether oxygens (including phenoxy) is 2. The van der Waals surface area contributed by atoms with E-state index in [1.165, 1.54) is 12.4 Å². The van der Waals surface area contributed by atoms with Crippen LogP contribution in [0, 0.1) is 11.6 Å². The lowest BCUT2D eigenvalue weighted by molar-refractivity contribution is 0.0214. The van der Waals surface area contributed by atoms with Gasteiger partial charge in [0.05, 0.1) is 23.3 Å². The standard InChI is InChI=1S/C25H26F4N6O3/c1-25(2,3)38-24(36)35-10-13-8-14(35)9-34(13)19-7-5-16-22(33-19)23(31-12-30-16)32-15-4-6-17(21(29)20(15)28)37-11-18(26)27/h4-7,12-14,18H,8-11H2,1-3H3,(H,30,31,32)/t13-,14-/m0/s1. The first-order valence-electron chi connectivity index (χ1n) is 12.0. The molecule has 2 bridgehead atoms. The monoisotopic (exact) mass is 534 g/mol. The number of carbonyl (C=O) groups excluding carboxylic acids is 1. The normalized spacial score (nSPS) is 18.9. The van der Waals surface area contributed by atoms with Gasteiger partial charge >= 0.3 is 6.09 Å². The number of halogens is 4. The fourth-order valence-corrected chi connectivity index (χ4v) is 4.69.